The van der Waals surface area contributed by atoms with Gasteiger partial charge in [0.15, 0.2) is 0 Å². The number of hydrogen-bond donors (Lipinski definition) is 2. The Morgan fingerprint density at radius 3 is 2.84 bits per heavy atom. The molecule has 2 N–H and O–H groups in total. The maximum atomic E-state index is 12.0. The van der Waals surface area contributed by atoms with Crippen molar-refractivity contribution < 1.29 is 9.90 Å². The van der Waals surface area contributed by atoms with Crippen LogP contribution in [0.2, 0.25) is 0 Å². The van der Waals surface area contributed by atoms with Crippen molar-refractivity contribution in [3.05, 3.63) is 28.6 Å². The van der Waals surface area contributed by atoms with Gasteiger partial charge in [-0.3, -0.25) is 4.79 Å². The lowest BCUT2D eigenvalue weighted by Gasteiger charge is -2.19. The van der Waals surface area contributed by atoms with Gasteiger partial charge in [0, 0.05) is 5.38 Å². The number of rotatable bonds is 5. The maximum Gasteiger partial charge on any atom is 0.271 e. The quantitative estimate of drug-likeness (QED) is 0.891. The average molecular weight is 296 g/mol. The fraction of sp³-hybridized carbons (Fsp3) is 0.385. The van der Waals surface area contributed by atoms with Crippen LogP contribution < -0.4 is 5.32 Å². The van der Waals surface area contributed by atoms with Crippen LogP contribution in [0.4, 0.5) is 0 Å². The predicted molar refractivity (Wildman–Crippen MR) is 78.6 cm³/mol. The minimum atomic E-state index is -0.237. The first kappa shape index (κ1) is 14.2. The number of aromatic nitrogens is 1. The van der Waals surface area contributed by atoms with Gasteiger partial charge in [-0.2, -0.15) is 0 Å². The highest BCUT2D eigenvalue weighted by atomic mass is 32.1. The van der Waals surface area contributed by atoms with Gasteiger partial charge in [-0.25, -0.2) is 4.98 Å². The highest BCUT2D eigenvalue weighted by Crippen LogP contribution is 2.27. The molecule has 0 saturated carbocycles. The van der Waals surface area contributed by atoms with Crippen molar-refractivity contribution in [1.82, 2.24) is 10.3 Å². The second kappa shape index (κ2) is 6.27. The lowest BCUT2D eigenvalue weighted by atomic mass is 10.1. The molecule has 1 amide bonds. The molecule has 102 valence electrons. The van der Waals surface area contributed by atoms with E-state index in [2.05, 4.69) is 10.3 Å². The molecule has 0 saturated heterocycles. The lowest BCUT2D eigenvalue weighted by Crippen LogP contribution is -2.41. The molecule has 2 aromatic rings. The van der Waals surface area contributed by atoms with Gasteiger partial charge < -0.3 is 10.4 Å². The molecule has 6 heteroatoms. The van der Waals surface area contributed by atoms with Crippen LogP contribution in [0.3, 0.4) is 0 Å². The summed E-state index contributed by atoms with van der Waals surface area (Å²) in [4.78, 5) is 17.4. The van der Waals surface area contributed by atoms with Gasteiger partial charge in [-0.05, 0) is 17.4 Å². The topological polar surface area (TPSA) is 62.2 Å². The van der Waals surface area contributed by atoms with Crippen LogP contribution in [-0.4, -0.2) is 28.6 Å². The van der Waals surface area contributed by atoms with E-state index in [1.807, 2.05) is 31.4 Å². The number of nitrogens with zero attached hydrogens (tertiary/aromatic N) is 1. The molecular formula is C13H16N2O2S2. The standard InChI is InChI=1S/C13H16N2O2S2/c1-8(2)9(6-16)14-12(17)10-7-19-13(15-10)11-4-3-5-18-11/h3-5,7-9,16H,6H2,1-2H3,(H,14,17)/t9-/m1/s1. The smallest absolute Gasteiger partial charge is 0.271 e. The van der Waals surface area contributed by atoms with Crippen molar-refractivity contribution in [3.63, 3.8) is 0 Å². The van der Waals surface area contributed by atoms with Crippen molar-refractivity contribution in [2.45, 2.75) is 19.9 Å². The van der Waals surface area contributed by atoms with E-state index in [0.29, 0.717) is 5.69 Å². The first-order valence-corrected chi connectivity index (χ1v) is 7.79. The Bertz CT molecular complexity index is 535. The van der Waals surface area contributed by atoms with Gasteiger partial charge in [0.05, 0.1) is 17.5 Å². The lowest BCUT2D eigenvalue weighted by molar-refractivity contribution is 0.0892. The van der Waals surface area contributed by atoms with Crippen LogP contribution in [0.25, 0.3) is 9.88 Å². The van der Waals surface area contributed by atoms with E-state index in [4.69, 9.17) is 0 Å². The molecule has 0 fully saturated rings. The van der Waals surface area contributed by atoms with Crippen LogP contribution >= 0.6 is 22.7 Å². The fourth-order valence-corrected chi connectivity index (χ4v) is 3.17. The molecule has 0 spiro atoms. The molecule has 1 atom stereocenters. The Kier molecular flexibility index (Phi) is 4.68. The number of aliphatic hydroxyl groups excluding tert-OH is 1. The first-order chi connectivity index (χ1) is 9.11. The van der Waals surface area contributed by atoms with Crippen LogP contribution in [0, 0.1) is 5.92 Å². The number of aliphatic hydroxyl groups is 1. The van der Waals surface area contributed by atoms with E-state index in [1.54, 1.807) is 16.7 Å². The predicted octanol–water partition coefficient (Wildman–Crippen LogP) is 2.62. The molecule has 0 aromatic carbocycles. The van der Waals surface area contributed by atoms with Crippen LogP contribution in [0.15, 0.2) is 22.9 Å². The number of thiophene rings is 1. The highest BCUT2D eigenvalue weighted by molar-refractivity contribution is 7.20. The van der Waals surface area contributed by atoms with Gasteiger partial charge in [-0.15, -0.1) is 22.7 Å². The van der Waals surface area contributed by atoms with Crippen LogP contribution in [0.5, 0.6) is 0 Å². The molecule has 2 aromatic heterocycles. The molecule has 0 aliphatic rings. The number of thiazole rings is 1. The van der Waals surface area contributed by atoms with E-state index >= 15 is 0 Å². The first-order valence-electron chi connectivity index (χ1n) is 6.03. The monoisotopic (exact) mass is 296 g/mol. The summed E-state index contributed by atoms with van der Waals surface area (Å²) in [7, 11) is 0. The minimum absolute atomic E-state index is 0.0642. The maximum absolute atomic E-state index is 12.0. The van der Waals surface area contributed by atoms with Gasteiger partial charge in [-0.1, -0.05) is 19.9 Å². The molecule has 19 heavy (non-hydrogen) atoms. The van der Waals surface area contributed by atoms with E-state index in [-0.39, 0.29) is 24.5 Å². The van der Waals surface area contributed by atoms with Crippen molar-refractivity contribution >= 4 is 28.6 Å². The summed E-state index contributed by atoms with van der Waals surface area (Å²) in [6.45, 7) is 3.85. The van der Waals surface area contributed by atoms with E-state index in [9.17, 15) is 9.90 Å². The van der Waals surface area contributed by atoms with Crippen LogP contribution in [-0.2, 0) is 0 Å². The zero-order valence-electron chi connectivity index (χ0n) is 10.8. The summed E-state index contributed by atoms with van der Waals surface area (Å²) in [5, 5.41) is 16.6. The van der Waals surface area contributed by atoms with E-state index in [0.717, 1.165) is 9.88 Å². The zero-order chi connectivity index (χ0) is 13.8. The van der Waals surface area contributed by atoms with Crippen molar-refractivity contribution in [2.24, 2.45) is 5.92 Å². The number of hydrogen-bond acceptors (Lipinski definition) is 5. The van der Waals surface area contributed by atoms with Gasteiger partial charge in [0.2, 0.25) is 0 Å². The number of carbonyl (C=O) groups excluding carboxylic acids is 1. The van der Waals surface area contributed by atoms with Crippen molar-refractivity contribution in [3.8, 4) is 9.88 Å². The van der Waals surface area contributed by atoms with E-state index in [1.165, 1.54) is 11.3 Å². The molecular weight excluding hydrogens is 280 g/mol. The molecule has 2 rings (SSSR count). The van der Waals surface area contributed by atoms with Gasteiger partial charge in [0.25, 0.3) is 5.91 Å². The van der Waals surface area contributed by atoms with Crippen LogP contribution in [0.1, 0.15) is 24.3 Å². The Balaban J connectivity index is 2.08. The second-order valence-corrected chi connectivity index (χ2v) is 6.33. The van der Waals surface area contributed by atoms with Gasteiger partial charge in [0.1, 0.15) is 10.7 Å². The Morgan fingerprint density at radius 1 is 1.47 bits per heavy atom. The Hall–Kier alpha value is -1.24. The SMILES string of the molecule is CC(C)[C@@H](CO)NC(=O)c1csc(-c2cccs2)n1. The van der Waals surface area contributed by atoms with Crippen molar-refractivity contribution in [1.29, 1.82) is 0 Å². The Morgan fingerprint density at radius 2 is 2.26 bits per heavy atom. The molecule has 0 aliphatic heterocycles. The second-order valence-electron chi connectivity index (χ2n) is 4.52. The third-order valence-corrected chi connectivity index (χ3v) is 4.67. The normalized spacial score (nSPS) is 12.6. The Labute approximate surface area is 120 Å². The summed E-state index contributed by atoms with van der Waals surface area (Å²) < 4.78 is 0. The van der Waals surface area contributed by atoms with Crippen molar-refractivity contribution in [2.75, 3.05) is 6.61 Å². The summed E-state index contributed by atoms with van der Waals surface area (Å²) in [5.74, 6) is -0.0452. The minimum Gasteiger partial charge on any atom is -0.394 e. The molecule has 0 radical (unpaired) electrons. The summed E-state index contributed by atoms with van der Waals surface area (Å²) in [5.41, 5.74) is 0.410. The zero-order valence-corrected chi connectivity index (χ0v) is 12.4. The van der Waals surface area contributed by atoms with E-state index < -0.39 is 0 Å². The third-order valence-electron chi connectivity index (χ3n) is 2.79. The number of amides is 1. The molecule has 0 unspecified atom stereocenters. The number of carbonyl (C=O) groups is 1. The third kappa shape index (κ3) is 3.40. The molecule has 0 aliphatic carbocycles. The largest absolute Gasteiger partial charge is 0.394 e. The fourth-order valence-electron chi connectivity index (χ4n) is 1.56. The summed E-state index contributed by atoms with van der Waals surface area (Å²) in [6, 6.07) is 3.71. The molecule has 2 heterocycles. The number of nitrogens with one attached hydrogen (secondary N) is 1. The summed E-state index contributed by atoms with van der Waals surface area (Å²) in [6.07, 6.45) is 0. The summed E-state index contributed by atoms with van der Waals surface area (Å²) >= 11 is 3.06. The average Bonchev–Trinajstić information content (AvgIpc) is 3.04. The molecule has 4 nitrogen and oxygen atoms in total. The highest BCUT2D eigenvalue weighted by Gasteiger charge is 2.18. The molecule has 0 bridgehead atoms. The van der Waals surface area contributed by atoms with Gasteiger partial charge >= 0.3 is 0 Å².